The van der Waals surface area contributed by atoms with Crippen LogP contribution < -0.4 is 15.1 Å². The lowest BCUT2D eigenvalue weighted by Crippen LogP contribution is -2.39. The summed E-state index contributed by atoms with van der Waals surface area (Å²) in [6.07, 6.45) is -0.0219. The number of fused-ring (bicyclic) bond motifs is 1. The number of amides is 2. The van der Waals surface area contributed by atoms with Crippen LogP contribution in [0.1, 0.15) is 48.5 Å². The number of thioether (sulfide) groups is 1. The molecule has 1 aromatic carbocycles. The summed E-state index contributed by atoms with van der Waals surface area (Å²) in [5.41, 5.74) is 1.03. The summed E-state index contributed by atoms with van der Waals surface area (Å²) in [5.74, 6) is -1.75. The van der Waals surface area contributed by atoms with Gasteiger partial charge >= 0.3 is 12.1 Å². The Bertz CT molecular complexity index is 1330. The number of nitrogens with zero attached hydrogens (tertiary/aromatic N) is 3. The maximum absolute atomic E-state index is 12.9. The lowest BCUT2D eigenvalue weighted by Gasteiger charge is -2.30. The van der Waals surface area contributed by atoms with Gasteiger partial charge in [0.05, 0.1) is 29.7 Å². The van der Waals surface area contributed by atoms with Gasteiger partial charge in [0.1, 0.15) is 10.6 Å². The van der Waals surface area contributed by atoms with E-state index in [0.29, 0.717) is 29.2 Å². The Morgan fingerprint density at radius 1 is 1.26 bits per heavy atom. The van der Waals surface area contributed by atoms with Gasteiger partial charge < -0.3 is 29.3 Å². The van der Waals surface area contributed by atoms with E-state index in [1.54, 1.807) is 56.9 Å². The van der Waals surface area contributed by atoms with E-state index in [0.717, 1.165) is 22.2 Å². The first-order chi connectivity index (χ1) is 18.1. The summed E-state index contributed by atoms with van der Waals surface area (Å²) in [4.78, 5) is 40.7. The van der Waals surface area contributed by atoms with Gasteiger partial charge in [0.25, 0.3) is 5.03 Å². The van der Waals surface area contributed by atoms with Crippen LogP contribution in [0.5, 0.6) is 5.95 Å². The third-order valence-corrected chi connectivity index (χ3v) is 7.51. The highest BCUT2D eigenvalue weighted by atomic mass is 32.2. The highest BCUT2D eigenvalue weighted by Crippen LogP contribution is 2.38. The molecule has 0 saturated heterocycles. The Kier molecular flexibility index (Phi) is 8.26. The van der Waals surface area contributed by atoms with Gasteiger partial charge in [-0.25, -0.2) is 9.59 Å². The van der Waals surface area contributed by atoms with E-state index in [4.69, 9.17) is 14.0 Å². The van der Waals surface area contributed by atoms with E-state index in [9.17, 15) is 19.5 Å². The number of hydrogen-bond acceptors (Lipinski definition) is 10. The van der Waals surface area contributed by atoms with Crippen molar-refractivity contribution >= 4 is 46.1 Å². The number of anilines is 1. The molecule has 3 aromatic rings. The number of benzene rings is 1. The minimum Gasteiger partial charge on any atom is -0.538 e. The van der Waals surface area contributed by atoms with Gasteiger partial charge in [0, 0.05) is 23.6 Å². The van der Waals surface area contributed by atoms with Crippen LogP contribution in [0.2, 0.25) is 0 Å². The molecule has 3 heterocycles. The molecule has 1 aliphatic heterocycles. The standard InChI is InChI=1S/C25H28N4O7S2/c1-5-34-22(31)19-16-11-12-28(24(33)35-25(2,3)4)13-17(16)38-20(19)26-18(30)14-37-21-23(32)36-27-29(21)15-9-7-6-8-10-15/h6-10H,5,11-14H2,1-4H3,(H-,26,27,30,31,32). The van der Waals surface area contributed by atoms with Crippen molar-refractivity contribution in [1.29, 1.82) is 0 Å². The summed E-state index contributed by atoms with van der Waals surface area (Å²) < 4.78 is 16.9. The Hall–Kier alpha value is -3.58. The number of ether oxygens (including phenoxy) is 2. The van der Waals surface area contributed by atoms with Crippen molar-refractivity contribution in [2.75, 3.05) is 24.2 Å². The van der Waals surface area contributed by atoms with Gasteiger partial charge in [-0.1, -0.05) is 18.2 Å². The molecule has 4 rings (SSSR count). The van der Waals surface area contributed by atoms with Crippen LogP contribution >= 0.6 is 23.1 Å². The van der Waals surface area contributed by atoms with Crippen LogP contribution in [0.3, 0.4) is 0 Å². The van der Waals surface area contributed by atoms with Gasteiger partial charge in [-0.2, -0.15) is 0 Å². The summed E-state index contributed by atoms with van der Waals surface area (Å²) >= 11 is 2.19. The fourth-order valence-electron chi connectivity index (χ4n) is 3.78. The SMILES string of the molecule is CCOC(=O)c1c(NC(=O)CSc2c([O-])on[n+]2-c2ccccc2)sc2c1CCN(C(=O)OC(C)(C)C)C2. The van der Waals surface area contributed by atoms with E-state index >= 15 is 0 Å². The number of hydrogen-bond donors (Lipinski definition) is 1. The quantitative estimate of drug-likeness (QED) is 0.262. The number of para-hydroxylation sites is 1. The lowest BCUT2D eigenvalue weighted by atomic mass is 10.0. The lowest BCUT2D eigenvalue weighted by molar-refractivity contribution is -0.705. The maximum atomic E-state index is 12.9. The third-order valence-electron chi connectivity index (χ3n) is 5.35. The van der Waals surface area contributed by atoms with Crippen molar-refractivity contribution in [2.24, 2.45) is 0 Å². The van der Waals surface area contributed by atoms with Gasteiger partial charge in [0.15, 0.2) is 5.95 Å². The predicted octanol–water partition coefficient (Wildman–Crippen LogP) is 3.29. The molecule has 0 fully saturated rings. The van der Waals surface area contributed by atoms with E-state index < -0.39 is 29.5 Å². The predicted molar refractivity (Wildman–Crippen MR) is 137 cm³/mol. The monoisotopic (exact) mass is 560 g/mol. The second-order valence-corrected chi connectivity index (χ2v) is 11.4. The van der Waals surface area contributed by atoms with E-state index in [1.807, 2.05) is 6.07 Å². The van der Waals surface area contributed by atoms with Crippen molar-refractivity contribution in [3.8, 4) is 11.6 Å². The summed E-state index contributed by atoms with van der Waals surface area (Å²) in [6, 6.07) is 8.93. The number of esters is 1. The molecule has 202 valence electrons. The number of aromatic nitrogens is 2. The van der Waals surface area contributed by atoms with Crippen LogP contribution in [0.25, 0.3) is 5.69 Å². The molecule has 0 unspecified atom stereocenters. The highest BCUT2D eigenvalue weighted by Gasteiger charge is 2.33. The molecular formula is C25H28N4O7S2. The molecule has 1 N–H and O–H groups in total. The van der Waals surface area contributed by atoms with E-state index in [2.05, 4.69) is 10.6 Å². The van der Waals surface area contributed by atoms with Crippen molar-refractivity contribution in [3.05, 3.63) is 46.3 Å². The fourth-order valence-corrected chi connectivity index (χ4v) is 5.81. The Morgan fingerprint density at radius 2 is 2.00 bits per heavy atom. The second-order valence-electron chi connectivity index (χ2n) is 9.33. The Balaban J connectivity index is 1.51. The zero-order chi connectivity index (χ0) is 27.4. The Labute approximate surface area is 227 Å². The number of carbonyl (C=O) groups excluding carboxylic acids is 3. The van der Waals surface area contributed by atoms with Crippen LogP contribution in [0.15, 0.2) is 39.9 Å². The summed E-state index contributed by atoms with van der Waals surface area (Å²) in [7, 11) is 0. The number of thiophene rings is 1. The number of rotatable bonds is 7. The minimum atomic E-state index is -0.660. The molecular weight excluding hydrogens is 532 g/mol. The van der Waals surface area contributed by atoms with Crippen LogP contribution in [0.4, 0.5) is 9.80 Å². The molecule has 0 aliphatic carbocycles. The molecule has 0 bridgehead atoms. The first kappa shape index (κ1) is 27.5. The Morgan fingerprint density at radius 3 is 2.68 bits per heavy atom. The average Bonchev–Trinajstić information content (AvgIpc) is 3.41. The van der Waals surface area contributed by atoms with Crippen LogP contribution in [-0.4, -0.2) is 52.6 Å². The normalized spacial score (nSPS) is 13.1. The van der Waals surface area contributed by atoms with Crippen molar-refractivity contribution in [3.63, 3.8) is 0 Å². The molecule has 13 heteroatoms. The molecule has 11 nitrogen and oxygen atoms in total. The molecule has 0 saturated carbocycles. The summed E-state index contributed by atoms with van der Waals surface area (Å²) in [6.45, 7) is 7.90. The third kappa shape index (κ3) is 6.27. The average molecular weight is 561 g/mol. The zero-order valence-electron chi connectivity index (χ0n) is 21.4. The molecule has 0 radical (unpaired) electrons. The molecule has 0 spiro atoms. The van der Waals surface area contributed by atoms with Crippen molar-refractivity contribution in [2.45, 2.75) is 51.3 Å². The van der Waals surface area contributed by atoms with E-state index in [-0.39, 0.29) is 23.9 Å². The summed E-state index contributed by atoms with van der Waals surface area (Å²) in [5, 5.41) is 19.3. The van der Waals surface area contributed by atoms with Crippen LogP contribution in [-0.2, 0) is 27.2 Å². The minimum absolute atomic E-state index is 0.127. The first-order valence-electron chi connectivity index (χ1n) is 11.9. The van der Waals surface area contributed by atoms with Crippen LogP contribution in [0, 0.1) is 0 Å². The first-order valence-corrected chi connectivity index (χ1v) is 13.7. The molecule has 1 aliphatic rings. The molecule has 2 amide bonds. The number of nitrogens with one attached hydrogen (secondary N) is 1. The van der Waals surface area contributed by atoms with Gasteiger partial charge in [-0.3, -0.25) is 4.79 Å². The highest BCUT2D eigenvalue weighted by molar-refractivity contribution is 7.99. The largest absolute Gasteiger partial charge is 0.538 e. The maximum Gasteiger partial charge on any atom is 0.410 e. The zero-order valence-corrected chi connectivity index (χ0v) is 23.1. The second kappa shape index (κ2) is 11.4. The topological polar surface area (TPSA) is 138 Å². The van der Waals surface area contributed by atoms with Crippen molar-refractivity contribution in [1.82, 2.24) is 10.2 Å². The van der Waals surface area contributed by atoms with Gasteiger partial charge in [-0.15, -0.1) is 11.3 Å². The van der Waals surface area contributed by atoms with Gasteiger partial charge in [-0.05, 0) is 56.1 Å². The molecule has 2 aromatic heterocycles. The van der Waals surface area contributed by atoms with Crippen molar-refractivity contribution < 1.29 is 38.2 Å². The van der Waals surface area contributed by atoms with E-state index in [1.165, 1.54) is 16.0 Å². The van der Waals surface area contributed by atoms with Gasteiger partial charge in [0.2, 0.25) is 11.6 Å². The molecule has 38 heavy (non-hydrogen) atoms. The fraction of sp³-hybridized carbons (Fsp3) is 0.400. The smallest absolute Gasteiger partial charge is 0.410 e. The molecule has 0 atom stereocenters. The number of carbonyl (C=O) groups is 3.